The largest absolute Gasteiger partial charge is 0.465 e. The van der Waals surface area contributed by atoms with Crippen molar-refractivity contribution in [2.45, 2.75) is 27.2 Å². The number of esters is 1. The molecule has 0 fully saturated rings. The molecule has 1 aromatic carbocycles. The standard InChI is InChI=1S/C16H20O4/c1-4-16(3,15(17)18-5-2)9-8-12-6-7-13-14(10-12)20-11-19-13/h6-10H,4-5,11H2,1-3H3/b9-8+. The number of carbonyl (C=O) groups excluding carboxylic acids is 1. The Bertz CT molecular complexity index is 521. The van der Waals surface area contributed by atoms with Crippen LogP contribution in [-0.2, 0) is 9.53 Å². The normalized spacial score (nSPS) is 16.1. The maximum atomic E-state index is 12.0. The molecule has 1 atom stereocenters. The molecule has 4 heteroatoms. The van der Waals surface area contributed by atoms with Gasteiger partial charge in [0.15, 0.2) is 11.5 Å². The number of ether oxygens (including phenoxy) is 3. The maximum absolute atomic E-state index is 12.0. The van der Waals surface area contributed by atoms with E-state index in [1.807, 2.05) is 51.1 Å². The smallest absolute Gasteiger partial charge is 0.315 e. The van der Waals surface area contributed by atoms with Gasteiger partial charge in [0.25, 0.3) is 0 Å². The average Bonchev–Trinajstić information content (AvgIpc) is 2.92. The SMILES string of the molecule is CCOC(=O)C(C)(/C=C/c1ccc2c(c1)OCO2)CC. The van der Waals surface area contributed by atoms with Gasteiger partial charge in [0, 0.05) is 0 Å². The number of fused-ring (bicyclic) bond motifs is 1. The van der Waals surface area contributed by atoms with E-state index in [2.05, 4.69) is 0 Å². The molecule has 0 saturated heterocycles. The van der Waals surface area contributed by atoms with Crippen LogP contribution in [0.15, 0.2) is 24.3 Å². The van der Waals surface area contributed by atoms with E-state index in [-0.39, 0.29) is 12.8 Å². The third kappa shape index (κ3) is 2.95. The van der Waals surface area contributed by atoms with Crippen molar-refractivity contribution in [3.05, 3.63) is 29.8 Å². The quantitative estimate of drug-likeness (QED) is 0.773. The highest BCUT2D eigenvalue weighted by atomic mass is 16.7. The topological polar surface area (TPSA) is 44.8 Å². The lowest BCUT2D eigenvalue weighted by atomic mass is 9.86. The second-order valence-corrected chi connectivity index (χ2v) is 4.94. The van der Waals surface area contributed by atoms with Crippen molar-refractivity contribution >= 4 is 12.0 Å². The Morgan fingerprint density at radius 1 is 1.35 bits per heavy atom. The predicted octanol–water partition coefficient (Wildman–Crippen LogP) is 3.41. The zero-order valence-corrected chi connectivity index (χ0v) is 12.1. The first-order chi connectivity index (χ1) is 9.59. The first kappa shape index (κ1) is 14.4. The molecule has 0 amide bonds. The van der Waals surface area contributed by atoms with Gasteiger partial charge in [-0.15, -0.1) is 0 Å². The van der Waals surface area contributed by atoms with Crippen LogP contribution in [0.1, 0.15) is 32.8 Å². The Morgan fingerprint density at radius 3 is 2.80 bits per heavy atom. The van der Waals surface area contributed by atoms with Gasteiger partial charge in [0.2, 0.25) is 6.79 Å². The second kappa shape index (κ2) is 5.99. The molecule has 20 heavy (non-hydrogen) atoms. The number of hydrogen-bond acceptors (Lipinski definition) is 4. The Labute approximate surface area is 119 Å². The van der Waals surface area contributed by atoms with Gasteiger partial charge in [0.05, 0.1) is 12.0 Å². The van der Waals surface area contributed by atoms with Gasteiger partial charge < -0.3 is 14.2 Å². The van der Waals surface area contributed by atoms with E-state index < -0.39 is 5.41 Å². The van der Waals surface area contributed by atoms with Crippen LogP contribution in [0.3, 0.4) is 0 Å². The van der Waals surface area contributed by atoms with Crippen molar-refractivity contribution in [3.8, 4) is 11.5 Å². The highest BCUT2D eigenvalue weighted by Gasteiger charge is 2.29. The molecule has 0 N–H and O–H groups in total. The van der Waals surface area contributed by atoms with Crippen molar-refractivity contribution in [3.63, 3.8) is 0 Å². The van der Waals surface area contributed by atoms with Crippen molar-refractivity contribution in [2.75, 3.05) is 13.4 Å². The summed E-state index contributed by atoms with van der Waals surface area (Å²) in [5, 5.41) is 0. The molecular formula is C16H20O4. The third-order valence-corrected chi connectivity index (χ3v) is 3.52. The molecule has 0 radical (unpaired) electrons. The lowest BCUT2D eigenvalue weighted by Gasteiger charge is -2.21. The lowest BCUT2D eigenvalue weighted by molar-refractivity contribution is -0.151. The highest BCUT2D eigenvalue weighted by molar-refractivity contribution is 5.80. The van der Waals surface area contributed by atoms with Crippen molar-refractivity contribution in [1.29, 1.82) is 0 Å². The second-order valence-electron chi connectivity index (χ2n) is 4.94. The lowest BCUT2D eigenvalue weighted by Crippen LogP contribution is -2.27. The predicted molar refractivity (Wildman–Crippen MR) is 76.6 cm³/mol. The molecule has 0 bridgehead atoms. The first-order valence-corrected chi connectivity index (χ1v) is 6.85. The van der Waals surface area contributed by atoms with E-state index in [9.17, 15) is 4.79 Å². The summed E-state index contributed by atoms with van der Waals surface area (Å²) in [6.07, 6.45) is 4.50. The summed E-state index contributed by atoms with van der Waals surface area (Å²) in [4.78, 5) is 12.0. The fourth-order valence-corrected chi connectivity index (χ4v) is 1.92. The van der Waals surface area contributed by atoms with Crippen molar-refractivity contribution in [2.24, 2.45) is 5.41 Å². The fraction of sp³-hybridized carbons (Fsp3) is 0.438. The van der Waals surface area contributed by atoms with Crippen LogP contribution in [-0.4, -0.2) is 19.4 Å². The van der Waals surface area contributed by atoms with E-state index in [1.54, 1.807) is 0 Å². The number of hydrogen-bond donors (Lipinski definition) is 0. The zero-order valence-electron chi connectivity index (χ0n) is 12.1. The minimum absolute atomic E-state index is 0.195. The molecule has 108 valence electrons. The molecule has 0 spiro atoms. The Balaban J connectivity index is 2.16. The van der Waals surface area contributed by atoms with Crippen LogP contribution in [0.5, 0.6) is 11.5 Å². The summed E-state index contributed by atoms with van der Waals surface area (Å²) in [5.74, 6) is 1.30. The fourth-order valence-electron chi connectivity index (χ4n) is 1.92. The molecule has 1 aromatic rings. The van der Waals surface area contributed by atoms with Gasteiger partial charge in [-0.2, -0.15) is 0 Å². The summed E-state index contributed by atoms with van der Waals surface area (Å²) in [5.41, 5.74) is 0.366. The van der Waals surface area contributed by atoms with E-state index in [4.69, 9.17) is 14.2 Å². The van der Waals surface area contributed by atoms with Gasteiger partial charge in [0.1, 0.15) is 0 Å². The van der Waals surface area contributed by atoms with Gasteiger partial charge in [-0.05, 0) is 38.0 Å². The Morgan fingerprint density at radius 2 is 2.10 bits per heavy atom. The number of benzene rings is 1. The maximum Gasteiger partial charge on any atom is 0.315 e. The van der Waals surface area contributed by atoms with Crippen molar-refractivity contribution in [1.82, 2.24) is 0 Å². The number of carbonyl (C=O) groups is 1. The minimum atomic E-state index is -0.605. The first-order valence-electron chi connectivity index (χ1n) is 6.85. The van der Waals surface area contributed by atoms with Crippen LogP contribution in [0.25, 0.3) is 6.08 Å². The molecule has 1 aliphatic rings. The molecule has 2 rings (SSSR count). The van der Waals surface area contributed by atoms with Crippen LogP contribution in [0.2, 0.25) is 0 Å². The molecule has 1 heterocycles. The summed E-state index contributed by atoms with van der Waals surface area (Å²) in [6.45, 7) is 6.33. The van der Waals surface area contributed by atoms with Crippen LogP contribution in [0, 0.1) is 5.41 Å². The van der Waals surface area contributed by atoms with E-state index in [1.165, 1.54) is 0 Å². The Hall–Kier alpha value is -1.97. The summed E-state index contributed by atoms with van der Waals surface area (Å²) >= 11 is 0. The monoisotopic (exact) mass is 276 g/mol. The van der Waals surface area contributed by atoms with Crippen LogP contribution >= 0.6 is 0 Å². The third-order valence-electron chi connectivity index (χ3n) is 3.52. The molecule has 1 unspecified atom stereocenters. The van der Waals surface area contributed by atoms with E-state index in [0.717, 1.165) is 17.1 Å². The van der Waals surface area contributed by atoms with E-state index >= 15 is 0 Å². The molecular weight excluding hydrogens is 256 g/mol. The Kier molecular flexibility index (Phi) is 4.32. The van der Waals surface area contributed by atoms with Crippen molar-refractivity contribution < 1.29 is 19.0 Å². The van der Waals surface area contributed by atoms with Gasteiger partial charge in [-0.3, -0.25) is 4.79 Å². The molecule has 4 nitrogen and oxygen atoms in total. The molecule has 0 aromatic heterocycles. The molecule has 0 saturated carbocycles. The van der Waals surface area contributed by atoms with E-state index in [0.29, 0.717) is 13.0 Å². The molecule has 1 aliphatic heterocycles. The van der Waals surface area contributed by atoms with Gasteiger partial charge >= 0.3 is 5.97 Å². The van der Waals surface area contributed by atoms with Crippen LogP contribution in [0.4, 0.5) is 0 Å². The van der Waals surface area contributed by atoms with Crippen LogP contribution < -0.4 is 9.47 Å². The summed E-state index contributed by atoms with van der Waals surface area (Å²) in [6, 6.07) is 5.71. The van der Waals surface area contributed by atoms with Gasteiger partial charge in [-0.1, -0.05) is 25.1 Å². The zero-order chi connectivity index (χ0) is 14.6. The summed E-state index contributed by atoms with van der Waals surface area (Å²) < 4.78 is 15.7. The molecule has 0 aliphatic carbocycles. The summed E-state index contributed by atoms with van der Waals surface area (Å²) in [7, 11) is 0. The minimum Gasteiger partial charge on any atom is -0.465 e. The number of rotatable bonds is 5. The van der Waals surface area contributed by atoms with Gasteiger partial charge in [-0.25, -0.2) is 0 Å². The highest BCUT2D eigenvalue weighted by Crippen LogP contribution is 2.33. The average molecular weight is 276 g/mol.